The molecule has 0 saturated carbocycles. The van der Waals surface area contributed by atoms with E-state index in [-0.39, 0.29) is 24.0 Å². The fourth-order valence-electron chi connectivity index (χ4n) is 3.94. The van der Waals surface area contributed by atoms with Crippen molar-refractivity contribution in [3.05, 3.63) is 83.1 Å². The lowest BCUT2D eigenvalue weighted by atomic mass is 10.1. The number of hydrogen-bond donors (Lipinski definition) is 1. The van der Waals surface area contributed by atoms with E-state index in [1.54, 1.807) is 48.4 Å². The molecule has 1 fully saturated rings. The van der Waals surface area contributed by atoms with Gasteiger partial charge in [0.15, 0.2) is 16.6 Å². The van der Waals surface area contributed by atoms with E-state index in [4.69, 9.17) is 33.3 Å². The number of methoxy groups -OCH3 is 2. The summed E-state index contributed by atoms with van der Waals surface area (Å²) in [5, 5.41) is 3.49. The lowest BCUT2D eigenvalue weighted by molar-refractivity contribution is -0.124. The van der Waals surface area contributed by atoms with Crippen molar-refractivity contribution < 1.29 is 23.5 Å². The minimum atomic E-state index is -0.860. The molecule has 1 aliphatic heterocycles. The summed E-state index contributed by atoms with van der Waals surface area (Å²) in [7, 11) is 3.09. The molecule has 10 heteroatoms. The fraction of sp³-hybridized carbons (Fsp3) is 0.192. The number of amides is 2. The molecular weight excluding hydrogens is 505 g/mol. The molecule has 3 aromatic rings. The molecule has 1 N–H and O–H groups in total. The predicted molar refractivity (Wildman–Crippen MR) is 140 cm³/mol. The van der Waals surface area contributed by atoms with Crippen LogP contribution in [0.1, 0.15) is 12.0 Å². The molecule has 0 bridgehead atoms. The molecule has 0 spiro atoms. The minimum Gasteiger partial charge on any atom is -0.493 e. The van der Waals surface area contributed by atoms with Crippen LogP contribution < -0.4 is 19.7 Å². The smallest absolute Gasteiger partial charge is 0.256 e. The van der Waals surface area contributed by atoms with Crippen molar-refractivity contribution in [3.63, 3.8) is 0 Å². The monoisotopic (exact) mass is 527 g/mol. The Bertz CT molecular complexity index is 1290. The zero-order chi connectivity index (χ0) is 25.8. The standard InChI is InChI=1S/C26H23ClFN3O4S/c1-34-22-12-3-16(13-23(22)35-2)15-30-21(14-24(32)29-19-8-6-18(28)7-9-19)25(33)31(26(30)36)20-10-4-17(27)5-11-20/h3-13,21H,14-15H2,1-2H3,(H,29,32). The highest BCUT2D eigenvalue weighted by Crippen LogP contribution is 2.32. The average molecular weight is 528 g/mol. The first-order valence-electron chi connectivity index (χ1n) is 11.0. The molecule has 0 aromatic heterocycles. The highest BCUT2D eigenvalue weighted by molar-refractivity contribution is 7.80. The van der Waals surface area contributed by atoms with E-state index < -0.39 is 17.8 Å². The maximum Gasteiger partial charge on any atom is 0.256 e. The number of nitrogens with zero attached hydrogens (tertiary/aromatic N) is 2. The number of ether oxygens (including phenoxy) is 2. The van der Waals surface area contributed by atoms with Crippen LogP contribution >= 0.6 is 23.8 Å². The first-order chi connectivity index (χ1) is 17.3. The summed E-state index contributed by atoms with van der Waals surface area (Å²) in [5.74, 6) is -0.0509. The fourth-order valence-corrected chi connectivity index (χ4v) is 4.45. The van der Waals surface area contributed by atoms with Gasteiger partial charge in [0.25, 0.3) is 5.91 Å². The Labute approximate surface area is 218 Å². The number of benzene rings is 3. The van der Waals surface area contributed by atoms with Crippen LogP contribution in [0.25, 0.3) is 0 Å². The van der Waals surface area contributed by atoms with Crippen LogP contribution in [0, 0.1) is 5.82 Å². The Kier molecular flexibility index (Phi) is 7.71. The SMILES string of the molecule is COc1ccc(CN2C(=S)N(c3ccc(Cl)cc3)C(=O)C2CC(=O)Nc2ccc(F)cc2)cc1OC. The van der Waals surface area contributed by atoms with Gasteiger partial charge in [-0.2, -0.15) is 0 Å². The van der Waals surface area contributed by atoms with Crippen LogP contribution in [0.5, 0.6) is 11.5 Å². The van der Waals surface area contributed by atoms with E-state index in [0.717, 1.165) is 5.56 Å². The Morgan fingerprint density at radius 1 is 1.03 bits per heavy atom. The van der Waals surface area contributed by atoms with E-state index in [1.807, 2.05) is 6.07 Å². The molecule has 0 aliphatic carbocycles. The summed E-state index contributed by atoms with van der Waals surface area (Å²) in [5.41, 5.74) is 1.79. The summed E-state index contributed by atoms with van der Waals surface area (Å²) in [6, 6.07) is 16.7. The summed E-state index contributed by atoms with van der Waals surface area (Å²) >= 11 is 11.7. The summed E-state index contributed by atoms with van der Waals surface area (Å²) < 4.78 is 23.9. The Balaban J connectivity index is 1.62. The van der Waals surface area contributed by atoms with Gasteiger partial charge in [-0.05, 0) is 78.4 Å². The highest BCUT2D eigenvalue weighted by atomic mass is 35.5. The lowest BCUT2D eigenvalue weighted by Gasteiger charge is -2.24. The van der Waals surface area contributed by atoms with Crippen molar-refractivity contribution in [2.24, 2.45) is 0 Å². The van der Waals surface area contributed by atoms with Crippen LogP contribution in [-0.2, 0) is 16.1 Å². The molecule has 2 amide bonds. The normalized spacial score (nSPS) is 15.3. The van der Waals surface area contributed by atoms with Crippen LogP contribution in [0.3, 0.4) is 0 Å². The summed E-state index contributed by atoms with van der Waals surface area (Å²) in [6.07, 6.45) is -0.159. The quantitative estimate of drug-likeness (QED) is 0.414. The van der Waals surface area contributed by atoms with Crippen LogP contribution in [-0.4, -0.2) is 42.1 Å². The van der Waals surface area contributed by atoms with Crippen molar-refractivity contribution in [3.8, 4) is 11.5 Å². The van der Waals surface area contributed by atoms with Gasteiger partial charge in [-0.3, -0.25) is 14.5 Å². The molecule has 0 radical (unpaired) electrons. The van der Waals surface area contributed by atoms with Crippen molar-refractivity contribution >= 4 is 52.1 Å². The number of nitrogens with one attached hydrogen (secondary N) is 1. The Hall–Kier alpha value is -3.69. The molecule has 1 unspecified atom stereocenters. The van der Waals surface area contributed by atoms with E-state index in [2.05, 4.69) is 5.32 Å². The largest absolute Gasteiger partial charge is 0.493 e. The molecular formula is C26H23ClFN3O4S. The minimum absolute atomic E-state index is 0.159. The van der Waals surface area contributed by atoms with Gasteiger partial charge in [-0.1, -0.05) is 17.7 Å². The number of thiocarbonyl (C=S) groups is 1. The summed E-state index contributed by atoms with van der Waals surface area (Å²) in [4.78, 5) is 29.5. The van der Waals surface area contributed by atoms with E-state index in [0.29, 0.717) is 27.9 Å². The van der Waals surface area contributed by atoms with Crippen molar-refractivity contribution in [2.75, 3.05) is 24.4 Å². The maximum absolute atomic E-state index is 13.5. The zero-order valence-corrected chi connectivity index (χ0v) is 21.1. The van der Waals surface area contributed by atoms with Crippen molar-refractivity contribution in [1.82, 2.24) is 4.90 Å². The number of carbonyl (C=O) groups excluding carboxylic acids is 2. The number of hydrogen-bond acceptors (Lipinski definition) is 5. The van der Waals surface area contributed by atoms with Gasteiger partial charge in [-0.25, -0.2) is 4.39 Å². The second-order valence-corrected chi connectivity index (χ2v) is 8.83. The molecule has 1 atom stereocenters. The molecule has 36 heavy (non-hydrogen) atoms. The lowest BCUT2D eigenvalue weighted by Crippen LogP contribution is -2.37. The zero-order valence-electron chi connectivity index (χ0n) is 19.5. The first-order valence-corrected chi connectivity index (χ1v) is 11.8. The molecule has 7 nitrogen and oxygen atoms in total. The number of halogens is 2. The number of carbonyl (C=O) groups is 2. The van der Waals surface area contributed by atoms with Gasteiger partial charge in [0.05, 0.1) is 26.3 Å². The molecule has 1 heterocycles. The average Bonchev–Trinajstić information content (AvgIpc) is 3.09. The number of rotatable bonds is 8. The first kappa shape index (κ1) is 25.4. The van der Waals surface area contributed by atoms with Crippen LogP contribution in [0.15, 0.2) is 66.7 Å². The van der Waals surface area contributed by atoms with Gasteiger partial charge >= 0.3 is 0 Å². The second-order valence-electron chi connectivity index (χ2n) is 8.02. The van der Waals surface area contributed by atoms with Gasteiger partial charge in [-0.15, -0.1) is 0 Å². The molecule has 4 rings (SSSR count). The predicted octanol–water partition coefficient (Wildman–Crippen LogP) is 5.03. The van der Waals surface area contributed by atoms with Gasteiger partial charge in [0.2, 0.25) is 5.91 Å². The Morgan fingerprint density at radius 2 is 1.69 bits per heavy atom. The third-order valence-corrected chi connectivity index (χ3v) is 6.38. The molecule has 186 valence electrons. The summed E-state index contributed by atoms with van der Waals surface area (Å²) in [6.45, 7) is 0.253. The highest BCUT2D eigenvalue weighted by Gasteiger charge is 2.44. The van der Waals surface area contributed by atoms with Crippen LogP contribution in [0.2, 0.25) is 5.02 Å². The molecule has 1 saturated heterocycles. The van der Waals surface area contributed by atoms with Crippen molar-refractivity contribution in [1.29, 1.82) is 0 Å². The Morgan fingerprint density at radius 3 is 2.33 bits per heavy atom. The van der Waals surface area contributed by atoms with Gasteiger partial charge < -0.3 is 19.7 Å². The van der Waals surface area contributed by atoms with Gasteiger partial charge in [0.1, 0.15) is 11.9 Å². The van der Waals surface area contributed by atoms with E-state index in [9.17, 15) is 14.0 Å². The molecule has 3 aromatic carbocycles. The van der Waals surface area contributed by atoms with Crippen LogP contribution in [0.4, 0.5) is 15.8 Å². The van der Waals surface area contributed by atoms with Crippen molar-refractivity contribution in [2.45, 2.75) is 19.0 Å². The third-order valence-electron chi connectivity index (χ3n) is 5.71. The number of anilines is 2. The third kappa shape index (κ3) is 5.42. The molecule has 1 aliphatic rings. The second kappa shape index (κ2) is 10.9. The van der Waals surface area contributed by atoms with E-state index >= 15 is 0 Å². The topological polar surface area (TPSA) is 71.1 Å². The van der Waals surface area contributed by atoms with Gasteiger partial charge in [0, 0.05) is 17.3 Å². The van der Waals surface area contributed by atoms with E-state index in [1.165, 1.54) is 36.3 Å². The maximum atomic E-state index is 13.5.